The summed E-state index contributed by atoms with van der Waals surface area (Å²) in [5.41, 5.74) is 14.6. The zero-order chi connectivity index (χ0) is 36.0. The molecule has 7 aromatic carbocycles. The van der Waals surface area contributed by atoms with Crippen LogP contribution in [0.25, 0.3) is 56.2 Å². The van der Waals surface area contributed by atoms with Gasteiger partial charge in [0, 0.05) is 16.7 Å². The molecule has 1 aliphatic rings. The van der Waals surface area contributed by atoms with Gasteiger partial charge in [0.15, 0.2) is 5.82 Å². The Kier molecular flexibility index (Phi) is 8.09. The molecule has 8 aromatic rings. The van der Waals surface area contributed by atoms with Gasteiger partial charge in [-0.3, -0.25) is 0 Å². The van der Waals surface area contributed by atoms with E-state index in [9.17, 15) is 0 Å². The van der Waals surface area contributed by atoms with Crippen molar-refractivity contribution in [3.05, 3.63) is 210 Å². The minimum atomic E-state index is -1.61. The topological polar surface area (TPSA) is 25.8 Å². The third kappa shape index (κ3) is 5.74. The van der Waals surface area contributed by atoms with Crippen molar-refractivity contribution in [2.45, 2.75) is 25.1 Å². The summed E-state index contributed by atoms with van der Waals surface area (Å²) in [5, 5.41) is 1.47. The summed E-state index contributed by atoms with van der Waals surface area (Å²) in [7, 11) is -1.61. The zero-order valence-corrected chi connectivity index (χ0v) is 31.3. The predicted molar refractivity (Wildman–Crippen MR) is 224 cm³/mol. The largest absolute Gasteiger partial charge is 0.228 e. The van der Waals surface area contributed by atoms with Gasteiger partial charge >= 0.3 is 0 Å². The third-order valence-electron chi connectivity index (χ3n) is 10.7. The summed E-state index contributed by atoms with van der Waals surface area (Å²) in [6.45, 7) is 7.32. The van der Waals surface area contributed by atoms with Crippen LogP contribution in [0.3, 0.4) is 0 Å². The summed E-state index contributed by atoms with van der Waals surface area (Å²) in [6, 6.07) is 68.1. The monoisotopic (exact) mass is 696 g/mol. The van der Waals surface area contributed by atoms with E-state index >= 15 is 0 Å². The molecule has 0 N–H and O–H groups in total. The fourth-order valence-electron chi connectivity index (χ4n) is 8.06. The molecule has 0 saturated carbocycles. The maximum absolute atomic E-state index is 5.14. The van der Waals surface area contributed by atoms with Gasteiger partial charge in [-0.05, 0) is 62.7 Å². The van der Waals surface area contributed by atoms with Crippen LogP contribution in [-0.4, -0.2) is 18.0 Å². The SMILES string of the molecule is C[Si](C)(C)c1ccc2c(c1)C(c1ccccc1)(c1ccccc1)c1cc(-c3cccc(-c4nc(-c5ccccc5)cc(-c5ccccc5)n4)c3)ccc1-2. The standard InChI is InChI=1S/C50H40N2Si/c1-53(2,3)42-28-30-44-43-29-27-38(32-45(43)50(46(44)33-42,40-23-12-6-13-24-40)41-25-14-7-15-26-41)37-21-16-22-39(31-37)49-51-47(35-17-8-4-9-18-35)34-48(52-49)36-19-10-5-11-20-36/h4-34H,1-3H3. The fraction of sp³-hybridized carbons (Fsp3) is 0.0800. The summed E-state index contributed by atoms with van der Waals surface area (Å²) in [5.74, 6) is 0.711. The van der Waals surface area contributed by atoms with Gasteiger partial charge in [0.25, 0.3) is 0 Å². The van der Waals surface area contributed by atoms with Crippen molar-refractivity contribution in [2.24, 2.45) is 0 Å². The fourth-order valence-corrected chi connectivity index (χ4v) is 9.22. The molecule has 9 rings (SSSR count). The summed E-state index contributed by atoms with van der Waals surface area (Å²) in [4.78, 5) is 10.3. The molecule has 0 atom stereocenters. The number of nitrogens with zero attached hydrogens (tertiary/aromatic N) is 2. The molecular weight excluding hydrogens is 657 g/mol. The quantitative estimate of drug-likeness (QED) is 0.155. The molecule has 0 fully saturated rings. The van der Waals surface area contributed by atoms with E-state index in [1.807, 2.05) is 12.1 Å². The van der Waals surface area contributed by atoms with Crippen molar-refractivity contribution in [3.63, 3.8) is 0 Å². The first kappa shape index (κ1) is 32.7. The predicted octanol–water partition coefficient (Wildman–Crippen LogP) is 12.1. The van der Waals surface area contributed by atoms with Gasteiger partial charge in [0.05, 0.1) is 24.9 Å². The highest BCUT2D eigenvalue weighted by Crippen LogP contribution is 2.56. The first-order valence-electron chi connectivity index (χ1n) is 18.4. The van der Waals surface area contributed by atoms with Crippen LogP contribution < -0.4 is 5.19 Å². The molecular formula is C50H40N2Si. The van der Waals surface area contributed by atoms with E-state index in [1.54, 1.807) is 0 Å². The van der Waals surface area contributed by atoms with Crippen molar-refractivity contribution in [3.8, 4) is 56.2 Å². The second kappa shape index (κ2) is 13.1. The maximum atomic E-state index is 5.14. The number of benzene rings is 7. The van der Waals surface area contributed by atoms with Gasteiger partial charge in [-0.25, -0.2) is 9.97 Å². The van der Waals surface area contributed by atoms with Crippen LogP contribution in [-0.2, 0) is 5.41 Å². The highest BCUT2D eigenvalue weighted by molar-refractivity contribution is 6.88. The summed E-state index contributed by atoms with van der Waals surface area (Å²) in [6.07, 6.45) is 0. The van der Waals surface area contributed by atoms with Crippen molar-refractivity contribution >= 4 is 13.3 Å². The van der Waals surface area contributed by atoms with Crippen molar-refractivity contribution in [2.75, 3.05) is 0 Å². The molecule has 1 heterocycles. The smallest absolute Gasteiger partial charge is 0.160 e. The van der Waals surface area contributed by atoms with Crippen LogP contribution in [0.1, 0.15) is 22.3 Å². The first-order chi connectivity index (χ1) is 25.9. The van der Waals surface area contributed by atoms with E-state index in [0.29, 0.717) is 5.82 Å². The molecule has 254 valence electrons. The molecule has 0 radical (unpaired) electrons. The number of aromatic nitrogens is 2. The Morgan fingerprint density at radius 3 is 1.38 bits per heavy atom. The minimum Gasteiger partial charge on any atom is -0.228 e. The average Bonchev–Trinajstić information content (AvgIpc) is 3.51. The Labute approximate surface area is 313 Å². The van der Waals surface area contributed by atoms with E-state index in [-0.39, 0.29) is 0 Å². The van der Waals surface area contributed by atoms with E-state index in [0.717, 1.165) is 33.6 Å². The number of fused-ring (bicyclic) bond motifs is 3. The van der Waals surface area contributed by atoms with Gasteiger partial charge in [0.2, 0.25) is 0 Å². The lowest BCUT2D eigenvalue weighted by molar-refractivity contribution is 0.769. The number of hydrogen-bond acceptors (Lipinski definition) is 2. The Bertz CT molecular complexity index is 2480. The van der Waals surface area contributed by atoms with Crippen LogP contribution in [0.2, 0.25) is 19.6 Å². The molecule has 1 aliphatic carbocycles. The molecule has 0 spiro atoms. The second-order valence-corrected chi connectivity index (χ2v) is 20.1. The van der Waals surface area contributed by atoms with Gasteiger partial charge in [-0.15, -0.1) is 0 Å². The van der Waals surface area contributed by atoms with E-state index in [2.05, 4.69) is 196 Å². The van der Waals surface area contributed by atoms with Gasteiger partial charge in [0.1, 0.15) is 0 Å². The second-order valence-electron chi connectivity index (χ2n) is 15.0. The van der Waals surface area contributed by atoms with Gasteiger partial charge in [-0.2, -0.15) is 0 Å². The zero-order valence-electron chi connectivity index (χ0n) is 30.3. The molecule has 1 aromatic heterocycles. The van der Waals surface area contributed by atoms with Gasteiger partial charge < -0.3 is 0 Å². The lowest BCUT2D eigenvalue weighted by Crippen LogP contribution is -2.39. The molecule has 0 aliphatic heterocycles. The number of hydrogen-bond donors (Lipinski definition) is 0. The van der Waals surface area contributed by atoms with Crippen molar-refractivity contribution in [1.82, 2.24) is 9.97 Å². The minimum absolute atomic E-state index is 0.464. The Morgan fingerprint density at radius 1 is 0.377 bits per heavy atom. The molecule has 0 unspecified atom stereocenters. The lowest BCUT2D eigenvalue weighted by atomic mass is 9.67. The lowest BCUT2D eigenvalue weighted by Gasteiger charge is -2.35. The Balaban J connectivity index is 1.24. The number of rotatable bonds is 7. The first-order valence-corrected chi connectivity index (χ1v) is 21.9. The van der Waals surface area contributed by atoms with Crippen LogP contribution in [0.4, 0.5) is 0 Å². The maximum Gasteiger partial charge on any atom is 0.160 e. The van der Waals surface area contributed by atoms with Crippen LogP contribution in [0, 0.1) is 0 Å². The third-order valence-corrected chi connectivity index (χ3v) is 12.8. The molecule has 0 amide bonds. The van der Waals surface area contributed by atoms with Crippen LogP contribution in [0.15, 0.2) is 188 Å². The normalized spacial score (nSPS) is 13.0. The summed E-state index contributed by atoms with van der Waals surface area (Å²) >= 11 is 0. The van der Waals surface area contributed by atoms with Crippen LogP contribution in [0.5, 0.6) is 0 Å². The molecule has 0 saturated heterocycles. The Morgan fingerprint density at radius 2 is 0.830 bits per heavy atom. The van der Waals surface area contributed by atoms with Gasteiger partial charge in [-0.1, -0.05) is 195 Å². The average molecular weight is 697 g/mol. The van der Waals surface area contributed by atoms with E-state index in [4.69, 9.17) is 9.97 Å². The molecule has 3 heteroatoms. The van der Waals surface area contributed by atoms with Crippen LogP contribution >= 0.6 is 0 Å². The highest BCUT2D eigenvalue weighted by atomic mass is 28.3. The Hall–Kier alpha value is -6.16. The van der Waals surface area contributed by atoms with Crippen molar-refractivity contribution in [1.29, 1.82) is 0 Å². The highest BCUT2D eigenvalue weighted by Gasteiger charge is 2.46. The molecule has 2 nitrogen and oxygen atoms in total. The molecule has 0 bridgehead atoms. The van der Waals surface area contributed by atoms with E-state index < -0.39 is 13.5 Å². The van der Waals surface area contributed by atoms with Crippen molar-refractivity contribution < 1.29 is 0 Å². The van der Waals surface area contributed by atoms with E-state index in [1.165, 1.54) is 44.1 Å². The molecule has 53 heavy (non-hydrogen) atoms. The summed E-state index contributed by atoms with van der Waals surface area (Å²) < 4.78 is 0.